The molecule has 6 heteroatoms. The fraction of sp³-hybridized carbons (Fsp3) is 0.714. The zero-order valence-electron chi connectivity index (χ0n) is 8.07. The predicted octanol–water partition coefficient (Wildman–Crippen LogP) is -0.421. The average Bonchev–Trinajstić information content (AvgIpc) is 1.98. The molecule has 0 saturated heterocycles. The Labute approximate surface area is 77.1 Å². The summed E-state index contributed by atoms with van der Waals surface area (Å²) in [5.41, 5.74) is 2.46. The van der Waals surface area contributed by atoms with Crippen molar-refractivity contribution in [3.63, 3.8) is 0 Å². The van der Waals surface area contributed by atoms with Crippen molar-refractivity contribution in [1.29, 1.82) is 0 Å². The molecule has 0 aliphatic rings. The Bertz CT molecular complexity index is 193. The van der Waals surface area contributed by atoms with Gasteiger partial charge in [-0.05, 0) is 6.92 Å². The lowest BCUT2D eigenvalue weighted by Gasteiger charge is -2.21. The number of hydrogen-bond donors (Lipinski definition) is 2. The molecule has 0 aromatic heterocycles. The van der Waals surface area contributed by atoms with Crippen LogP contribution in [0.15, 0.2) is 0 Å². The van der Waals surface area contributed by atoms with Crippen LogP contribution in [0.4, 0.5) is 4.79 Å². The van der Waals surface area contributed by atoms with Gasteiger partial charge in [-0.1, -0.05) is 0 Å². The van der Waals surface area contributed by atoms with E-state index in [0.29, 0.717) is 6.54 Å². The maximum absolute atomic E-state index is 11.2. The molecule has 0 aliphatic heterocycles. The normalized spacial score (nSPS) is 9.85. The third-order valence-corrected chi connectivity index (χ3v) is 1.31. The minimum atomic E-state index is -1.02. The molecule has 0 aromatic rings. The van der Waals surface area contributed by atoms with E-state index in [1.807, 2.05) is 0 Å². The third kappa shape index (κ3) is 5.02. The van der Waals surface area contributed by atoms with E-state index in [4.69, 9.17) is 5.11 Å². The van der Waals surface area contributed by atoms with E-state index >= 15 is 0 Å². The van der Waals surface area contributed by atoms with E-state index < -0.39 is 12.0 Å². The molecule has 0 heterocycles. The molecule has 13 heavy (non-hydrogen) atoms. The molecular weight excluding hydrogens is 174 g/mol. The van der Waals surface area contributed by atoms with E-state index in [1.165, 1.54) is 9.91 Å². The number of nitrogens with zero attached hydrogens (tertiary/aromatic N) is 2. The average molecular weight is 189 g/mol. The summed E-state index contributed by atoms with van der Waals surface area (Å²) in [6, 6.07) is -0.408. The summed E-state index contributed by atoms with van der Waals surface area (Å²) >= 11 is 0. The second kappa shape index (κ2) is 5.36. The van der Waals surface area contributed by atoms with Crippen LogP contribution in [0.5, 0.6) is 0 Å². The number of likely N-dealkylation sites (N-methyl/N-ethyl adjacent to an activating group) is 1. The molecule has 0 radical (unpaired) electrons. The second-order valence-corrected chi connectivity index (χ2v) is 2.72. The maximum Gasteiger partial charge on any atom is 0.332 e. The van der Waals surface area contributed by atoms with Gasteiger partial charge in [0.1, 0.15) is 6.54 Å². The van der Waals surface area contributed by atoms with Crippen molar-refractivity contribution >= 4 is 12.0 Å². The molecule has 0 bridgehead atoms. The molecule has 0 aliphatic carbocycles. The van der Waals surface area contributed by atoms with Crippen LogP contribution in [0.2, 0.25) is 0 Å². The molecule has 76 valence electrons. The van der Waals surface area contributed by atoms with Gasteiger partial charge < -0.3 is 10.0 Å². The van der Waals surface area contributed by atoms with Crippen LogP contribution < -0.4 is 5.43 Å². The summed E-state index contributed by atoms with van der Waals surface area (Å²) in [7, 11) is 3.32. The smallest absolute Gasteiger partial charge is 0.332 e. The standard InChI is InChI=1S/C7H15N3O3/c1-4-10(5-6(11)12)7(13)8-9(2)3/h4-5H2,1-3H3,(H,8,13)(H,11,12). The van der Waals surface area contributed by atoms with Gasteiger partial charge in [0.25, 0.3) is 0 Å². The van der Waals surface area contributed by atoms with E-state index in [2.05, 4.69) is 5.43 Å². The number of amides is 2. The molecule has 0 atom stereocenters. The highest BCUT2D eigenvalue weighted by molar-refractivity contribution is 5.79. The largest absolute Gasteiger partial charge is 0.480 e. The monoisotopic (exact) mass is 189 g/mol. The van der Waals surface area contributed by atoms with Crippen molar-refractivity contribution in [2.75, 3.05) is 27.2 Å². The SMILES string of the molecule is CCN(CC(=O)O)C(=O)NN(C)C. The first-order chi connectivity index (χ1) is 5.97. The van der Waals surface area contributed by atoms with Crippen LogP contribution in [0.3, 0.4) is 0 Å². The van der Waals surface area contributed by atoms with Gasteiger partial charge in [0, 0.05) is 20.6 Å². The first-order valence-electron chi connectivity index (χ1n) is 3.92. The summed E-state index contributed by atoms with van der Waals surface area (Å²) < 4.78 is 0. The van der Waals surface area contributed by atoms with Crippen LogP contribution in [-0.4, -0.2) is 54.2 Å². The fourth-order valence-corrected chi connectivity index (χ4v) is 0.752. The predicted molar refractivity (Wildman–Crippen MR) is 47.1 cm³/mol. The van der Waals surface area contributed by atoms with Crippen molar-refractivity contribution in [1.82, 2.24) is 15.3 Å². The second-order valence-electron chi connectivity index (χ2n) is 2.72. The van der Waals surface area contributed by atoms with Crippen LogP contribution >= 0.6 is 0 Å². The summed E-state index contributed by atoms with van der Waals surface area (Å²) in [6.45, 7) is 1.81. The molecule has 0 saturated carbocycles. The molecule has 0 rings (SSSR count). The topological polar surface area (TPSA) is 72.9 Å². The number of carbonyl (C=O) groups is 2. The van der Waals surface area contributed by atoms with Crippen LogP contribution in [0.1, 0.15) is 6.92 Å². The van der Waals surface area contributed by atoms with Gasteiger partial charge in [-0.15, -0.1) is 0 Å². The molecular formula is C7H15N3O3. The fourth-order valence-electron chi connectivity index (χ4n) is 0.752. The number of nitrogens with one attached hydrogen (secondary N) is 1. The first-order valence-corrected chi connectivity index (χ1v) is 3.92. The molecule has 0 spiro atoms. The highest BCUT2D eigenvalue weighted by atomic mass is 16.4. The lowest BCUT2D eigenvalue weighted by atomic mass is 10.5. The van der Waals surface area contributed by atoms with Gasteiger partial charge in [0.15, 0.2) is 0 Å². The number of aliphatic carboxylic acids is 1. The Balaban J connectivity index is 4.07. The minimum absolute atomic E-state index is 0.282. The van der Waals surface area contributed by atoms with E-state index in [1.54, 1.807) is 21.0 Å². The van der Waals surface area contributed by atoms with E-state index in [-0.39, 0.29) is 6.54 Å². The Morgan fingerprint density at radius 1 is 1.38 bits per heavy atom. The third-order valence-electron chi connectivity index (χ3n) is 1.31. The highest BCUT2D eigenvalue weighted by Gasteiger charge is 2.14. The van der Waals surface area contributed by atoms with E-state index in [0.717, 1.165) is 0 Å². The zero-order chi connectivity index (χ0) is 10.4. The van der Waals surface area contributed by atoms with Crippen LogP contribution in [0, 0.1) is 0 Å². The Morgan fingerprint density at radius 2 is 1.92 bits per heavy atom. The van der Waals surface area contributed by atoms with Crippen molar-refractivity contribution < 1.29 is 14.7 Å². The Hall–Kier alpha value is -1.30. The number of carbonyl (C=O) groups excluding carboxylic acids is 1. The van der Waals surface area contributed by atoms with Gasteiger partial charge in [-0.2, -0.15) is 0 Å². The maximum atomic E-state index is 11.2. The van der Waals surface area contributed by atoms with Crippen molar-refractivity contribution in [3.05, 3.63) is 0 Å². The molecule has 6 nitrogen and oxygen atoms in total. The molecule has 0 fully saturated rings. The Kier molecular flexibility index (Phi) is 4.83. The number of carboxylic acid groups (broad SMARTS) is 1. The number of rotatable bonds is 4. The summed E-state index contributed by atoms with van der Waals surface area (Å²) in [5.74, 6) is -1.02. The number of hydrogen-bond acceptors (Lipinski definition) is 3. The Morgan fingerprint density at radius 3 is 2.23 bits per heavy atom. The van der Waals surface area contributed by atoms with Crippen LogP contribution in [-0.2, 0) is 4.79 Å². The zero-order valence-corrected chi connectivity index (χ0v) is 8.07. The quantitative estimate of drug-likeness (QED) is 0.589. The summed E-state index contributed by atoms with van der Waals surface area (Å²) in [5, 5.41) is 9.93. The highest BCUT2D eigenvalue weighted by Crippen LogP contribution is 1.88. The van der Waals surface area contributed by atoms with Gasteiger partial charge in [0.05, 0.1) is 0 Å². The lowest BCUT2D eigenvalue weighted by molar-refractivity contribution is -0.137. The van der Waals surface area contributed by atoms with E-state index in [9.17, 15) is 9.59 Å². The van der Waals surface area contributed by atoms with Gasteiger partial charge >= 0.3 is 12.0 Å². The summed E-state index contributed by atoms with van der Waals surface area (Å²) in [4.78, 5) is 22.8. The van der Waals surface area contributed by atoms with Crippen molar-refractivity contribution in [3.8, 4) is 0 Å². The lowest BCUT2D eigenvalue weighted by Crippen LogP contribution is -2.47. The minimum Gasteiger partial charge on any atom is -0.480 e. The number of hydrazine groups is 1. The summed E-state index contributed by atoms with van der Waals surface area (Å²) in [6.07, 6.45) is 0. The van der Waals surface area contributed by atoms with Gasteiger partial charge in [0.2, 0.25) is 0 Å². The van der Waals surface area contributed by atoms with Crippen molar-refractivity contribution in [2.24, 2.45) is 0 Å². The molecule has 0 aromatic carbocycles. The van der Waals surface area contributed by atoms with Gasteiger partial charge in [-0.3, -0.25) is 10.2 Å². The molecule has 2 amide bonds. The molecule has 2 N–H and O–H groups in total. The first kappa shape index (κ1) is 11.7. The van der Waals surface area contributed by atoms with Crippen LogP contribution in [0.25, 0.3) is 0 Å². The number of carboxylic acids is 1. The number of urea groups is 1. The van der Waals surface area contributed by atoms with Gasteiger partial charge in [-0.25, -0.2) is 9.80 Å². The molecule has 0 unspecified atom stereocenters. The van der Waals surface area contributed by atoms with Crippen molar-refractivity contribution in [2.45, 2.75) is 6.92 Å².